The van der Waals surface area contributed by atoms with Crippen LogP contribution in [0, 0.1) is 0 Å². The third-order valence-corrected chi connectivity index (χ3v) is 4.47. The average molecular weight is 223 g/mol. The van der Waals surface area contributed by atoms with E-state index in [2.05, 4.69) is 15.1 Å². The Labute approximate surface area is 99.2 Å². The summed E-state index contributed by atoms with van der Waals surface area (Å²) < 4.78 is 0. The standard InChI is InChI=1S/C13H25N3/c1-2-12(5-7-14-6-1)15-8-10-16(11-9-15)13-3-4-13/h12-14H,1-11H2. The third kappa shape index (κ3) is 2.58. The van der Waals surface area contributed by atoms with Gasteiger partial charge >= 0.3 is 0 Å². The van der Waals surface area contributed by atoms with E-state index in [4.69, 9.17) is 0 Å². The Hall–Kier alpha value is -0.120. The maximum atomic E-state index is 3.52. The van der Waals surface area contributed by atoms with Crippen molar-refractivity contribution in [1.29, 1.82) is 0 Å². The zero-order chi connectivity index (χ0) is 10.8. The zero-order valence-corrected chi connectivity index (χ0v) is 10.3. The molecule has 1 aliphatic carbocycles. The number of hydrogen-bond acceptors (Lipinski definition) is 3. The highest BCUT2D eigenvalue weighted by atomic mass is 15.3. The minimum absolute atomic E-state index is 0.872. The molecule has 1 atom stereocenters. The Kier molecular flexibility index (Phi) is 3.46. The topological polar surface area (TPSA) is 18.5 Å². The molecule has 0 bridgehead atoms. The van der Waals surface area contributed by atoms with Crippen LogP contribution < -0.4 is 5.32 Å². The summed E-state index contributed by atoms with van der Waals surface area (Å²) in [4.78, 5) is 5.47. The van der Waals surface area contributed by atoms with Crippen LogP contribution >= 0.6 is 0 Å². The normalized spacial score (nSPS) is 34.9. The second-order valence-electron chi connectivity index (χ2n) is 5.64. The van der Waals surface area contributed by atoms with E-state index in [-0.39, 0.29) is 0 Å². The fourth-order valence-electron chi connectivity index (χ4n) is 3.27. The fraction of sp³-hybridized carbons (Fsp3) is 1.00. The van der Waals surface area contributed by atoms with Crippen molar-refractivity contribution in [3.05, 3.63) is 0 Å². The summed E-state index contributed by atoms with van der Waals surface area (Å²) in [5.41, 5.74) is 0. The molecule has 2 saturated heterocycles. The minimum Gasteiger partial charge on any atom is -0.317 e. The van der Waals surface area contributed by atoms with Crippen molar-refractivity contribution < 1.29 is 0 Å². The molecular weight excluding hydrogens is 198 g/mol. The smallest absolute Gasteiger partial charge is 0.0113 e. The van der Waals surface area contributed by atoms with Gasteiger partial charge in [-0.3, -0.25) is 9.80 Å². The SMILES string of the molecule is C1CNCCC(N2CCN(C3CC3)CC2)C1. The molecule has 0 spiro atoms. The van der Waals surface area contributed by atoms with Gasteiger partial charge < -0.3 is 5.32 Å². The van der Waals surface area contributed by atoms with Gasteiger partial charge in [-0.15, -0.1) is 0 Å². The summed E-state index contributed by atoms with van der Waals surface area (Å²) in [5.74, 6) is 0. The molecule has 0 radical (unpaired) electrons. The van der Waals surface area contributed by atoms with E-state index in [1.165, 1.54) is 71.4 Å². The fourth-order valence-corrected chi connectivity index (χ4v) is 3.27. The number of rotatable bonds is 2. The second kappa shape index (κ2) is 5.03. The Morgan fingerprint density at radius 3 is 1.94 bits per heavy atom. The van der Waals surface area contributed by atoms with Crippen LogP contribution in [0.1, 0.15) is 32.1 Å². The first-order valence-corrected chi connectivity index (χ1v) is 7.12. The summed E-state index contributed by atoms with van der Waals surface area (Å²) in [5, 5.41) is 3.52. The molecule has 16 heavy (non-hydrogen) atoms. The highest BCUT2D eigenvalue weighted by Crippen LogP contribution is 2.28. The van der Waals surface area contributed by atoms with E-state index >= 15 is 0 Å². The summed E-state index contributed by atoms with van der Waals surface area (Å²) in [7, 11) is 0. The van der Waals surface area contributed by atoms with E-state index in [1.54, 1.807) is 0 Å². The van der Waals surface area contributed by atoms with E-state index in [0.29, 0.717) is 0 Å². The van der Waals surface area contributed by atoms with Crippen LogP contribution in [0.2, 0.25) is 0 Å². The summed E-state index contributed by atoms with van der Waals surface area (Å²) >= 11 is 0. The quantitative estimate of drug-likeness (QED) is 0.751. The highest BCUT2D eigenvalue weighted by molar-refractivity contribution is 4.89. The van der Waals surface area contributed by atoms with Crippen molar-refractivity contribution in [3.63, 3.8) is 0 Å². The molecule has 3 aliphatic rings. The maximum absolute atomic E-state index is 3.52. The van der Waals surface area contributed by atoms with E-state index in [9.17, 15) is 0 Å². The lowest BCUT2D eigenvalue weighted by molar-refractivity contribution is 0.0861. The number of hydrogen-bond donors (Lipinski definition) is 1. The van der Waals surface area contributed by atoms with Crippen LogP contribution in [-0.4, -0.2) is 61.2 Å². The van der Waals surface area contributed by atoms with Gasteiger partial charge in [-0.1, -0.05) is 0 Å². The van der Waals surface area contributed by atoms with Crippen molar-refractivity contribution in [2.45, 2.75) is 44.2 Å². The summed E-state index contributed by atoms with van der Waals surface area (Å²) in [6.45, 7) is 7.76. The van der Waals surface area contributed by atoms with Crippen LogP contribution in [0.5, 0.6) is 0 Å². The molecule has 0 aromatic carbocycles. The van der Waals surface area contributed by atoms with Crippen molar-refractivity contribution in [3.8, 4) is 0 Å². The molecule has 2 aliphatic heterocycles. The van der Waals surface area contributed by atoms with Crippen LogP contribution in [0.4, 0.5) is 0 Å². The van der Waals surface area contributed by atoms with Crippen molar-refractivity contribution >= 4 is 0 Å². The van der Waals surface area contributed by atoms with Crippen molar-refractivity contribution in [2.24, 2.45) is 0 Å². The van der Waals surface area contributed by atoms with Crippen molar-refractivity contribution in [2.75, 3.05) is 39.3 Å². The van der Waals surface area contributed by atoms with Crippen LogP contribution in [0.15, 0.2) is 0 Å². The molecule has 3 fully saturated rings. The van der Waals surface area contributed by atoms with E-state index in [1.807, 2.05) is 0 Å². The summed E-state index contributed by atoms with van der Waals surface area (Å²) in [6, 6.07) is 1.84. The van der Waals surface area contributed by atoms with Gasteiger partial charge in [-0.05, 0) is 45.2 Å². The Morgan fingerprint density at radius 1 is 0.688 bits per heavy atom. The van der Waals surface area contributed by atoms with Gasteiger partial charge in [0.05, 0.1) is 0 Å². The van der Waals surface area contributed by atoms with Gasteiger partial charge in [-0.2, -0.15) is 0 Å². The molecule has 2 heterocycles. The molecule has 0 amide bonds. The maximum Gasteiger partial charge on any atom is 0.0113 e. The van der Waals surface area contributed by atoms with Gasteiger partial charge in [0.25, 0.3) is 0 Å². The Balaban J connectivity index is 1.48. The second-order valence-corrected chi connectivity index (χ2v) is 5.64. The van der Waals surface area contributed by atoms with E-state index < -0.39 is 0 Å². The van der Waals surface area contributed by atoms with Crippen LogP contribution in [0.3, 0.4) is 0 Å². The monoisotopic (exact) mass is 223 g/mol. The molecule has 1 unspecified atom stereocenters. The van der Waals surface area contributed by atoms with Crippen molar-refractivity contribution in [1.82, 2.24) is 15.1 Å². The minimum atomic E-state index is 0.872. The third-order valence-electron chi connectivity index (χ3n) is 4.47. The lowest BCUT2D eigenvalue weighted by Crippen LogP contribution is -2.51. The predicted octanol–water partition coefficient (Wildman–Crippen LogP) is 0.908. The number of nitrogens with one attached hydrogen (secondary N) is 1. The van der Waals surface area contributed by atoms with Gasteiger partial charge in [0, 0.05) is 38.3 Å². The van der Waals surface area contributed by atoms with Gasteiger partial charge in [0.2, 0.25) is 0 Å². The highest BCUT2D eigenvalue weighted by Gasteiger charge is 2.32. The molecule has 3 rings (SSSR count). The lowest BCUT2D eigenvalue weighted by atomic mass is 10.1. The largest absolute Gasteiger partial charge is 0.317 e. The number of piperazine rings is 1. The summed E-state index contributed by atoms with van der Waals surface area (Å²) in [6.07, 6.45) is 7.08. The van der Waals surface area contributed by atoms with Crippen LogP contribution in [-0.2, 0) is 0 Å². The average Bonchev–Trinajstić information content (AvgIpc) is 3.17. The van der Waals surface area contributed by atoms with Crippen LogP contribution in [0.25, 0.3) is 0 Å². The first-order chi connectivity index (χ1) is 7.93. The molecular formula is C13H25N3. The van der Waals surface area contributed by atoms with Gasteiger partial charge in [0.15, 0.2) is 0 Å². The molecule has 3 nitrogen and oxygen atoms in total. The van der Waals surface area contributed by atoms with Gasteiger partial charge in [-0.25, -0.2) is 0 Å². The molecule has 1 saturated carbocycles. The van der Waals surface area contributed by atoms with E-state index in [0.717, 1.165) is 12.1 Å². The lowest BCUT2D eigenvalue weighted by Gasteiger charge is -2.39. The van der Waals surface area contributed by atoms with Gasteiger partial charge in [0.1, 0.15) is 0 Å². The zero-order valence-electron chi connectivity index (χ0n) is 10.3. The first-order valence-electron chi connectivity index (χ1n) is 7.12. The predicted molar refractivity (Wildman–Crippen MR) is 66.7 cm³/mol. The molecule has 3 heteroatoms. The number of nitrogens with zero attached hydrogens (tertiary/aromatic N) is 2. The Morgan fingerprint density at radius 2 is 1.31 bits per heavy atom. The molecule has 92 valence electrons. The molecule has 0 aromatic heterocycles. The first kappa shape index (κ1) is 11.0. The molecule has 1 N–H and O–H groups in total. The Bertz CT molecular complexity index is 211. The molecule has 0 aromatic rings.